The maximum absolute atomic E-state index is 11.3. The SMILES string of the molecule is Cc1sc(N)nc1C1CCS(=O)(=O)CC1. The molecule has 15 heavy (non-hydrogen) atoms. The molecule has 84 valence electrons. The molecular formula is C9H14N2O2S2. The van der Waals surface area contributed by atoms with Gasteiger partial charge in [-0.1, -0.05) is 0 Å². The molecule has 1 aliphatic rings. The maximum Gasteiger partial charge on any atom is 0.180 e. The van der Waals surface area contributed by atoms with Crippen molar-refractivity contribution in [1.82, 2.24) is 4.98 Å². The molecule has 0 spiro atoms. The summed E-state index contributed by atoms with van der Waals surface area (Å²) in [7, 11) is -2.79. The Balaban J connectivity index is 2.17. The first-order valence-electron chi connectivity index (χ1n) is 4.91. The summed E-state index contributed by atoms with van der Waals surface area (Å²) in [6.45, 7) is 1.99. The number of anilines is 1. The largest absolute Gasteiger partial charge is 0.375 e. The minimum atomic E-state index is -2.79. The van der Waals surface area contributed by atoms with Gasteiger partial charge in [-0.05, 0) is 19.8 Å². The van der Waals surface area contributed by atoms with E-state index in [2.05, 4.69) is 4.98 Å². The van der Waals surface area contributed by atoms with Crippen molar-refractivity contribution >= 4 is 26.3 Å². The van der Waals surface area contributed by atoms with E-state index >= 15 is 0 Å². The molecule has 1 fully saturated rings. The van der Waals surface area contributed by atoms with Crippen LogP contribution in [0.2, 0.25) is 0 Å². The van der Waals surface area contributed by atoms with Gasteiger partial charge in [0.15, 0.2) is 5.13 Å². The van der Waals surface area contributed by atoms with E-state index in [1.165, 1.54) is 11.3 Å². The Bertz CT molecular complexity index is 450. The molecule has 2 N–H and O–H groups in total. The highest BCUT2D eigenvalue weighted by Crippen LogP contribution is 2.33. The number of rotatable bonds is 1. The van der Waals surface area contributed by atoms with E-state index in [0.717, 1.165) is 10.6 Å². The molecule has 0 aliphatic carbocycles. The predicted molar refractivity (Wildman–Crippen MR) is 61.9 cm³/mol. The van der Waals surface area contributed by atoms with Gasteiger partial charge in [-0.15, -0.1) is 11.3 Å². The van der Waals surface area contributed by atoms with E-state index in [0.29, 0.717) is 18.0 Å². The number of nitrogens with zero attached hydrogens (tertiary/aromatic N) is 1. The van der Waals surface area contributed by atoms with Crippen molar-refractivity contribution in [3.8, 4) is 0 Å². The van der Waals surface area contributed by atoms with Crippen LogP contribution in [0.3, 0.4) is 0 Å². The Kier molecular flexibility index (Phi) is 2.72. The van der Waals surface area contributed by atoms with Gasteiger partial charge in [0.2, 0.25) is 0 Å². The van der Waals surface area contributed by atoms with Gasteiger partial charge in [-0.25, -0.2) is 13.4 Å². The van der Waals surface area contributed by atoms with E-state index in [1.807, 2.05) is 6.92 Å². The van der Waals surface area contributed by atoms with Crippen LogP contribution in [0, 0.1) is 6.92 Å². The van der Waals surface area contributed by atoms with Gasteiger partial charge in [0.05, 0.1) is 17.2 Å². The molecule has 1 aromatic heterocycles. The zero-order valence-electron chi connectivity index (χ0n) is 8.56. The molecule has 4 nitrogen and oxygen atoms in total. The minimum absolute atomic E-state index is 0.280. The molecule has 0 saturated carbocycles. The smallest absolute Gasteiger partial charge is 0.180 e. The Morgan fingerprint density at radius 2 is 2.00 bits per heavy atom. The maximum atomic E-state index is 11.3. The van der Waals surface area contributed by atoms with Gasteiger partial charge in [-0.3, -0.25) is 0 Å². The van der Waals surface area contributed by atoms with Gasteiger partial charge >= 0.3 is 0 Å². The first kappa shape index (κ1) is 10.9. The minimum Gasteiger partial charge on any atom is -0.375 e. The summed E-state index contributed by atoms with van der Waals surface area (Å²) in [5.74, 6) is 0.852. The second-order valence-electron chi connectivity index (χ2n) is 3.92. The van der Waals surface area contributed by atoms with Crippen LogP contribution in [0.5, 0.6) is 0 Å². The Labute approximate surface area is 93.4 Å². The van der Waals surface area contributed by atoms with E-state index < -0.39 is 9.84 Å². The molecular weight excluding hydrogens is 232 g/mol. The molecule has 6 heteroatoms. The molecule has 0 atom stereocenters. The van der Waals surface area contributed by atoms with Gasteiger partial charge in [-0.2, -0.15) is 0 Å². The van der Waals surface area contributed by atoms with Crippen LogP contribution in [0.25, 0.3) is 0 Å². The summed E-state index contributed by atoms with van der Waals surface area (Å²) in [5.41, 5.74) is 6.64. The molecule has 2 heterocycles. The topological polar surface area (TPSA) is 73.0 Å². The fraction of sp³-hybridized carbons (Fsp3) is 0.667. The van der Waals surface area contributed by atoms with E-state index in [1.54, 1.807) is 0 Å². The fourth-order valence-corrected chi connectivity index (χ4v) is 4.24. The summed E-state index contributed by atoms with van der Waals surface area (Å²) >= 11 is 1.48. The van der Waals surface area contributed by atoms with Crippen LogP contribution in [0.4, 0.5) is 5.13 Å². The number of hydrogen-bond acceptors (Lipinski definition) is 5. The number of hydrogen-bond donors (Lipinski definition) is 1. The van der Waals surface area contributed by atoms with Crippen LogP contribution in [0.15, 0.2) is 0 Å². The normalized spacial score (nSPS) is 21.7. The van der Waals surface area contributed by atoms with Gasteiger partial charge < -0.3 is 5.73 Å². The summed E-state index contributed by atoms with van der Waals surface area (Å²) in [6.07, 6.45) is 1.37. The molecule has 0 amide bonds. The summed E-state index contributed by atoms with van der Waals surface area (Å²) in [4.78, 5) is 5.41. The average molecular weight is 246 g/mol. The number of aryl methyl sites for hydroxylation is 1. The van der Waals surface area contributed by atoms with E-state index in [-0.39, 0.29) is 17.4 Å². The van der Waals surface area contributed by atoms with E-state index in [9.17, 15) is 8.42 Å². The van der Waals surface area contributed by atoms with Gasteiger partial charge in [0.1, 0.15) is 9.84 Å². The lowest BCUT2D eigenvalue weighted by Gasteiger charge is -2.20. The molecule has 0 aromatic carbocycles. The van der Waals surface area contributed by atoms with Crippen LogP contribution in [-0.4, -0.2) is 24.9 Å². The lowest BCUT2D eigenvalue weighted by Crippen LogP contribution is -2.22. The zero-order valence-corrected chi connectivity index (χ0v) is 10.2. The van der Waals surface area contributed by atoms with Crippen LogP contribution in [-0.2, 0) is 9.84 Å². The van der Waals surface area contributed by atoms with Gasteiger partial charge in [0.25, 0.3) is 0 Å². The van der Waals surface area contributed by atoms with Crippen molar-refractivity contribution in [2.75, 3.05) is 17.2 Å². The number of aromatic nitrogens is 1. The van der Waals surface area contributed by atoms with Crippen molar-refractivity contribution in [2.24, 2.45) is 0 Å². The standard InChI is InChI=1S/C9H14N2O2S2/c1-6-8(11-9(10)14-6)7-2-4-15(12,13)5-3-7/h7H,2-5H2,1H3,(H2,10,11). The second kappa shape index (κ2) is 3.75. The Hall–Kier alpha value is -0.620. The number of nitrogens with two attached hydrogens (primary N) is 1. The summed E-state index contributed by atoms with van der Waals surface area (Å²) < 4.78 is 22.6. The number of sulfone groups is 1. The third-order valence-corrected chi connectivity index (χ3v) is 5.32. The molecule has 0 unspecified atom stereocenters. The average Bonchev–Trinajstić information content (AvgIpc) is 2.45. The molecule has 0 bridgehead atoms. The lowest BCUT2D eigenvalue weighted by molar-refractivity contribution is 0.545. The third kappa shape index (κ3) is 2.31. The van der Waals surface area contributed by atoms with Crippen molar-refractivity contribution in [1.29, 1.82) is 0 Å². The number of nitrogen functional groups attached to an aromatic ring is 1. The highest BCUT2D eigenvalue weighted by atomic mass is 32.2. The molecule has 1 aliphatic heterocycles. The first-order valence-corrected chi connectivity index (χ1v) is 7.55. The predicted octanol–water partition coefficient (Wildman–Crippen LogP) is 1.33. The van der Waals surface area contributed by atoms with Crippen molar-refractivity contribution in [3.05, 3.63) is 10.6 Å². The molecule has 1 saturated heterocycles. The Morgan fingerprint density at radius 1 is 1.40 bits per heavy atom. The zero-order chi connectivity index (χ0) is 11.1. The third-order valence-electron chi connectivity index (χ3n) is 2.79. The highest BCUT2D eigenvalue weighted by Gasteiger charge is 2.27. The Morgan fingerprint density at radius 3 is 2.47 bits per heavy atom. The second-order valence-corrected chi connectivity index (χ2v) is 7.46. The van der Waals surface area contributed by atoms with Crippen molar-refractivity contribution < 1.29 is 8.42 Å². The van der Waals surface area contributed by atoms with Gasteiger partial charge in [0, 0.05) is 10.8 Å². The van der Waals surface area contributed by atoms with Crippen molar-refractivity contribution in [3.63, 3.8) is 0 Å². The van der Waals surface area contributed by atoms with E-state index in [4.69, 9.17) is 5.73 Å². The van der Waals surface area contributed by atoms with Crippen LogP contribution < -0.4 is 5.73 Å². The lowest BCUT2D eigenvalue weighted by atomic mass is 9.98. The molecule has 0 radical (unpaired) electrons. The van der Waals surface area contributed by atoms with Crippen molar-refractivity contribution in [2.45, 2.75) is 25.7 Å². The fourth-order valence-electron chi connectivity index (χ4n) is 1.97. The molecule has 1 aromatic rings. The number of thiazole rings is 1. The summed E-state index contributed by atoms with van der Waals surface area (Å²) in [6, 6.07) is 0. The van der Waals surface area contributed by atoms with Crippen LogP contribution in [0.1, 0.15) is 29.3 Å². The quantitative estimate of drug-likeness (QED) is 0.811. The van der Waals surface area contributed by atoms with Crippen LogP contribution >= 0.6 is 11.3 Å². The first-order chi connectivity index (χ1) is 6.98. The summed E-state index contributed by atoms with van der Waals surface area (Å²) in [5, 5.41) is 0.580. The highest BCUT2D eigenvalue weighted by molar-refractivity contribution is 7.91. The monoisotopic (exact) mass is 246 g/mol. The molecule has 2 rings (SSSR count).